The molecule has 1 N–H and O–H groups in total. The van der Waals surface area contributed by atoms with Crippen molar-refractivity contribution in [1.29, 1.82) is 0 Å². The monoisotopic (exact) mass is 500 g/mol. The fourth-order valence-electron chi connectivity index (χ4n) is 4.27. The van der Waals surface area contributed by atoms with Gasteiger partial charge >= 0.3 is 0 Å². The summed E-state index contributed by atoms with van der Waals surface area (Å²) >= 11 is 0. The molecule has 0 aliphatic rings. The number of benzene rings is 2. The van der Waals surface area contributed by atoms with Gasteiger partial charge in [0, 0.05) is 24.3 Å². The van der Waals surface area contributed by atoms with Crippen LogP contribution in [-0.4, -0.2) is 42.7 Å². The molecule has 9 nitrogen and oxygen atoms in total. The smallest absolute Gasteiger partial charge is 0.249 e. The zero-order valence-electron chi connectivity index (χ0n) is 21.8. The SMILES string of the molecule is CCC(C)(C)NC(=O)[C@H](c1cccn1C)N(C(=O)Cn1nnc2ccccc21)c1ccccc1C(C)=O. The average molecular weight is 501 g/mol. The second-order valence-electron chi connectivity index (χ2n) is 9.75. The Kier molecular flexibility index (Phi) is 7.24. The van der Waals surface area contributed by atoms with Crippen molar-refractivity contribution in [2.75, 3.05) is 4.90 Å². The van der Waals surface area contributed by atoms with Gasteiger partial charge in [-0.05, 0) is 63.6 Å². The first-order chi connectivity index (χ1) is 17.6. The van der Waals surface area contributed by atoms with Crippen LogP contribution in [0.5, 0.6) is 0 Å². The number of hydrogen-bond acceptors (Lipinski definition) is 5. The molecule has 4 aromatic rings. The van der Waals surface area contributed by atoms with Crippen LogP contribution in [0.15, 0.2) is 66.9 Å². The van der Waals surface area contributed by atoms with E-state index >= 15 is 0 Å². The van der Waals surface area contributed by atoms with Crippen molar-refractivity contribution in [3.8, 4) is 0 Å². The number of aromatic nitrogens is 4. The third kappa shape index (κ3) is 5.30. The Morgan fingerprint density at radius 1 is 1.03 bits per heavy atom. The van der Waals surface area contributed by atoms with Gasteiger partial charge in [0.15, 0.2) is 11.8 Å². The molecule has 2 aromatic heterocycles. The number of Topliss-reactive ketones (excluding diaryl/α,β-unsaturated/α-hetero) is 1. The topological polar surface area (TPSA) is 102 Å². The number of amides is 2. The van der Waals surface area contributed by atoms with Gasteiger partial charge < -0.3 is 9.88 Å². The Morgan fingerprint density at radius 2 is 1.73 bits per heavy atom. The van der Waals surface area contributed by atoms with E-state index in [9.17, 15) is 14.4 Å². The molecule has 2 aromatic carbocycles. The predicted molar refractivity (Wildman–Crippen MR) is 142 cm³/mol. The van der Waals surface area contributed by atoms with Gasteiger partial charge in [0.2, 0.25) is 11.8 Å². The Bertz CT molecular complexity index is 1450. The molecule has 2 amide bonds. The van der Waals surface area contributed by atoms with Crippen LogP contribution in [0, 0.1) is 0 Å². The van der Waals surface area contributed by atoms with Crippen LogP contribution in [0.1, 0.15) is 56.2 Å². The van der Waals surface area contributed by atoms with Gasteiger partial charge in [-0.3, -0.25) is 19.3 Å². The van der Waals surface area contributed by atoms with Crippen LogP contribution in [0.25, 0.3) is 11.0 Å². The van der Waals surface area contributed by atoms with E-state index in [-0.39, 0.29) is 18.2 Å². The van der Waals surface area contributed by atoms with Gasteiger partial charge in [0.1, 0.15) is 12.1 Å². The number of fused-ring (bicyclic) bond motifs is 1. The number of carbonyl (C=O) groups excluding carboxylic acids is 3. The molecule has 0 unspecified atom stereocenters. The van der Waals surface area contributed by atoms with Gasteiger partial charge in [-0.15, -0.1) is 5.10 Å². The summed E-state index contributed by atoms with van der Waals surface area (Å²) in [5, 5.41) is 11.4. The fourth-order valence-corrected chi connectivity index (χ4v) is 4.27. The third-order valence-electron chi connectivity index (χ3n) is 6.63. The lowest BCUT2D eigenvalue weighted by Crippen LogP contribution is -2.51. The lowest BCUT2D eigenvalue weighted by Gasteiger charge is -2.35. The molecule has 0 radical (unpaired) electrons. The summed E-state index contributed by atoms with van der Waals surface area (Å²) in [6, 6.07) is 16.8. The van der Waals surface area contributed by atoms with Crippen molar-refractivity contribution in [3.63, 3.8) is 0 Å². The number of para-hydroxylation sites is 2. The van der Waals surface area contributed by atoms with Gasteiger partial charge in [0.25, 0.3) is 0 Å². The van der Waals surface area contributed by atoms with Crippen molar-refractivity contribution >= 4 is 34.3 Å². The Labute approximate surface area is 216 Å². The first-order valence-corrected chi connectivity index (χ1v) is 12.3. The minimum atomic E-state index is -1.03. The normalized spacial score (nSPS) is 12.4. The molecule has 0 fully saturated rings. The number of nitrogens with zero attached hydrogens (tertiary/aromatic N) is 5. The average Bonchev–Trinajstić information content (AvgIpc) is 3.48. The van der Waals surface area contributed by atoms with E-state index in [2.05, 4.69) is 15.6 Å². The lowest BCUT2D eigenvalue weighted by molar-refractivity contribution is -0.128. The van der Waals surface area contributed by atoms with E-state index in [0.717, 1.165) is 0 Å². The lowest BCUT2D eigenvalue weighted by atomic mass is 9.99. The molecule has 4 rings (SSSR count). The highest BCUT2D eigenvalue weighted by molar-refractivity contribution is 6.08. The molecule has 0 aliphatic heterocycles. The highest BCUT2D eigenvalue weighted by atomic mass is 16.2. The minimum Gasteiger partial charge on any atom is -0.352 e. The fraction of sp³-hybridized carbons (Fsp3) is 0.321. The Morgan fingerprint density at radius 3 is 2.41 bits per heavy atom. The largest absolute Gasteiger partial charge is 0.352 e. The van der Waals surface area contributed by atoms with Crippen molar-refractivity contribution in [1.82, 2.24) is 24.9 Å². The van der Waals surface area contributed by atoms with Crippen LogP contribution in [0.4, 0.5) is 5.69 Å². The maximum Gasteiger partial charge on any atom is 0.249 e. The van der Waals surface area contributed by atoms with E-state index in [0.29, 0.717) is 34.4 Å². The van der Waals surface area contributed by atoms with Gasteiger partial charge in [-0.2, -0.15) is 0 Å². The number of ketones is 1. The molecule has 37 heavy (non-hydrogen) atoms. The zero-order valence-corrected chi connectivity index (χ0v) is 21.8. The van der Waals surface area contributed by atoms with E-state index in [1.807, 2.05) is 75.0 Å². The second-order valence-corrected chi connectivity index (χ2v) is 9.75. The van der Waals surface area contributed by atoms with Crippen molar-refractivity contribution < 1.29 is 14.4 Å². The van der Waals surface area contributed by atoms with Crippen LogP contribution in [-0.2, 0) is 23.2 Å². The van der Waals surface area contributed by atoms with Crippen LogP contribution >= 0.6 is 0 Å². The molecule has 9 heteroatoms. The first-order valence-electron chi connectivity index (χ1n) is 12.3. The highest BCUT2D eigenvalue weighted by Crippen LogP contribution is 2.32. The molecule has 0 bridgehead atoms. The summed E-state index contributed by atoms with van der Waals surface area (Å²) < 4.78 is 3.32. The van der Waals surface area contributed by atoms with E-state index in [1.54, 1.807) is 24.3 Å². The number of hydrogen-bond donors (Lipinski definition) is 1. The van der Waals surface area contributed by atoms with Crippen molar-refractivity contribution in [3.05, 3.63) is 78.1 Å². The predicted octanol–water partition coefficient (Wildman–Crippen LogP) is 4.05. The Balaban J connectivity index is 1.88. The number of aryl methyl sites for hydroxylation is 1. The van der Waals surface area contributed by atoms with E-state index in [1.165, 1.54) is 16.5 Å². The van der Waals surface area contributed by atoms with Crippen molar-refractivity contribution in [2.24, 2.45) is 7.05 Å². The molecule has 1 atom stereocenters. The molecule has 2 heterocycles. The number of anilines is 1. The quantitative estimate of drug-likeness (QED) is 0.349. The summed E-state index contributed by atoms with van der Waals surface area (Å²) in [5.41, 5.74) is 2.17. The molecule has 0 aliphatic carbocycles. The van der Waals surface area contributed by atoms with E-state index in [4.69, 9.17) is 0 Å². The zero-order chi connectivity index (χ0) is 26.7. The Hall–Kier alpha value is -4.27. The number of rotatable bonds is 9. The standard InChI is InChI=1S/C28H32N6O3/c1-6-28(3,4)29-27(37)26(24-16-11-17-32(24)5)34(22-14-9-7-12-20(22)19(2)35)25(36)18-33-23-15-10-8-13-21(23)30-31-33/h7-17,26H,6,18H2,1-5H3,(H,29,37)/t26-/m0/s1. The summed E-state index contributed by atoms with van der Waals surface area (Å²) in [5.74, 6) is -0.955. The van der Waals surface area contributed by atoms with E-state index < -0.39 is 17.5 Å². The molecule has 0 saturated carbocycles. The molecule has 192 valence electrons. The van der Waals surface area contributed by atoms with Crippen LogP contribution < -0.4 is 10.2 Å². The van der Waals surface area contributed by atoms with Crippen molar-refractivity contribution in [2.45, 2.75) is 52.2 Å². The molecular weight excluding hydrogens is 468 g/mol. The van der Waals surface area contributed by atoms with Gasteiger partial charge in [0.05, 0.1) is 16.9 Å². The van der Waals surface area contributed by atoms with Gasteiger partial charge in [-0.1, -0.05) is 36.4 Å². The number of nitrogens with one attached hydrogen (secondary N) is 1. The maximum atomic E-state index is 14.2. The number of carbonyl (C=O) groups is 3. The summed E-state index contributed by atoms with van der Waals surface area (Å²) in [6.45, 7) is 7.14. The summed E-state index contributed by atoms with van der Waals surface area (Å²) in [4.78, 5) is 42.2. The summed E-state index contributed by atoms with van der Waals surface area (Å²) in [6.07, 6.45) is 2.52. The highest BCUT2D eigenvalue weighted by Gasteiger charge is 2.37. The summed E-state index contributed by atoms with van der Waals surface area (Å²) in [7, 11) is 1.82. The molecule has 0 saturated heterocycles. The first kappa shape index (κ1) is 25.8. The molecular formula is C28H32N6O3. The van der Waals surface area contributed by atoms with Crippen LogP contribution in [0.2, 0.25) is 0 Å². The second kappa shape index (κ2) is 10.4. The molecule has 0 spiro atoms. The third-order valence-corrected chi connectivity index (χ3v) is 6.63. The van der Waals surface area contributed by atoms with Crippen LogP contribution in [0.3, 0.4) is 0 Å². The minimum absolute atomic E-state index is 0.169. The van der Waals surface area contributed by atoms with Gasteiger partial charge in [-0.25, -0.2) is 4.68 Å². The maximum absolute atomic E-state index is 14.2.